The molecule has 1 aliphatic heterocycles. The van der Waals surface area contributed by atoms with Crippen LogP contribution in [0, 0.1) is 5.82 Å². The molecule has 1 aromatic rings. The number of nitrogens with zero attached hydrogens (tertiary/aromatic N) is 2. The van der Waals surface area contributed by atoms with Crippen molar-refractivity contribution in [3.05, 3.63) is 30.1 Å². The van der Waals surface area contributed by atoms with Gasteiger partial charge in [0.15, 0.2) is 0 Å². The van der Waals surface area contributed by atoms with Crippen LogP contribution in [0.1, 0.15) is 20.3 Å². The number of alkyl halides is 1. The molecule has 0 aliphatic carbocycles. The second-order valence-corrected chi connectivity index (χ2v) is 5.29. The molecule has 1 atom stereocenters. The zero-order valence-corrected chi connectivity index (χ0v) is 11.2. The maximum atomic E-state index is 12.8. The van der Waals surface area contributed by atoms with Crippen LogP contribution in [-0.2, 0) is 4.79 Å². The first-order valence-electron chi connectivity index (χ1n) is 5.33. The highest BCUT2D eigenvalue weighted by Gasteiger charge is 2.46. The van der Waals surface area contributed by atoms with E-state index in [1.165, 1.54) is 17.1 Å². The molecule has 0 N–H and O–H groups in total. The minimum atomic E-state index is -0.721. The average Bonchev–Trinajstić information content (AvgIpc) is 2.55. The zero-order valence-electron chi connectivity index (χ0n) is 9.58. The van der Waals surface area contributed by atoms with Gasteiger partial charge in [0, 0.05) is 0 Å². The largest absolute Gasteiger partial charge is 0.270 e. The number of hydrogen-bond acceptors (Lipinski definition) is 2. The zero-order chi connectivity index (χ0) is 12.6. The number of benzene rings is 1. The Balaban J connectivity index is 2.37. The average molecular weight is 299 g/mol. The minimum Gasteiger partial charge on any atom is -0.270 e. The number of halogens is 2. The Morgan fingerprint density at radius 3 is 2.47 bits per heavy atom. The Morgan fingerprint density at radius 1 is 1.41 bits per heavy atom. The predicted octanol–water partition coefficient (Wildman–Crippen LogP) is 3.09. The van der Waals surface area contributed by atoms with Crippen molar-refractivity contribution in [1.82, 2.24) is 0 Å². The van der Waals surface area contributed by atoms with Gasteiger partial charge in [-0.15, -0.1) is 0 Å². The van der Waals surface area contributed by atoms with Gasteiger partial charge in [-0.1, -0.05) is 22.9 Å². The summed E-state index contributed by atoms with van der Waals surface area (Å²) in [5.74, 6) is -0.467. The van der Waals surface area contributed by atoms with Crippen molar-refractivity contribution in [2.24, 2.45) is 5.10 Å². The lowest BCUT2D eigenvalue weighted by atomic mass is 10.0. The molecule has 0 saturated carbocycles. The summed E-state index contributed by atoms with van der Waals surface area (Å²) >= 11 is 3.43. The summed E-state index contributed by atoms with van der Waals surface area (Å²) in [7, 11) is 0. The third kappa shape index (κ3) is 1.88. The topological polar surface area (TPSA) is 32.7 Å². The first-order chi connectivity index (χ1) is 7.99. The van der Waals surface area contributed by atoms with Crippen LogP contribution in [0.15, 0.2) is 29.4 Å². The van der Waals surface area contributed by atoms with Crippen LogP contribution in [0.3, 0.4) is 0 Å². The molecule has 0 bridgehead atoms. The minimum absolute atomic E-state index is 0.135. The first-order valence-corrected chi connectivity index (χ1v) is 6.13. The molecule has 2 rings (SSSR count). The van der Waals surface area contributed by atoms with E-state index in [-0.39, 0.29) is 11.7 Å². The van der Waals surface area contributed by atoms with Gasteiger partial charge < -0.3 is 0 Å². The molecule has 3 nitrogen and oxygen atoms in total. The molecule has 5 heteroatoms. The van der Waals surface area contributed by atoms with Crippen LogP contribution in [-0.4, -0.2) is 15.9 Å². The van der Waals surface area contributed by atoms with E-state index in [2.05, 4.69) is 21.0 Å². The number of amides is 1. The molecule has 0 aromatic heterocycles. The Labute approximate surface area is 107 Å². The fourth-order valence-electron chi connectivity index (χ4n) is 1.76. The molecular formula is C12H12BrFN2O. The van der Waals surface area contributed by atoms with Gasteiger partial charge in [-0.2, -0.15) is 10.1 Å². The second kappa shape index (κ2) is 4.22. The van der Waals surface area contributed by atoms with Gasteiger partial charge in [0.05, 0.1) is 11.4 Å². The van der Waals surface area contributed by atoms with Gasteiger partial charge >= 0.3 is 0 Å². The van der Waals surface area contributed by atoms with Gasteiger partial charge in [-0.3, -0.25) is 4.79 Å². The van der Waals surface area contributed by atoms with Gasteiger partial charge in [0.25, 0.3) is 5.91 Å². The maximum absolute atomic E-state index is 12.8. The number of anilines is 1. The predicted molar refractivity (Wildman–Crippen MR) is 68.9 cm³/mol. The molecule has 1 amide bonds. The molecule has 1 heterocycles. The Morgan fingerprint density at radius 2 is 2.00 bits per heavy atom. The van der Waals surface area contributed by atoms with Crippen LogP contribution in [0.5, 0.6) is 0 Å². The smallest absolute Gasteiger partial charge is 0.270 e. The van der Waals surface area contributed by atoms with Crippen molar-refractivity contribution in [2.75, 3.05) is 5.01 Å². The Kier molecular flexibility index (Phi) is 3.03. The molecule has 1 aliphatic rings. The molecule has 90 valence electrons. The third-order valence-electron chi connectivity index (χ3n) is 2.91. The lowest BCUT2D eigenvalue weighted by Gasteiger charge is -2.19. The van der Waals surface area contributed by atoms with Crippen molar-refractivity contribution < 1.29 is 9.18 Å². The second-order valence-electron chi connectivity index (χ2n) is 3.93. The van der Waals surface area contributed by atoms with Gasteiger partial charge in [-0.05, 0) is 37.6 Å². The van der Waals surface area contributed by atoms with E-state index in [1.54, 1.807) is 19.1 Å². The Bertz CT molecular complexity index is 486. The SMILES string of the molecule is CCC1(Br)C(=O)N(c2ccc(F)cc2)N=C1C. The highest BCUT2D eigenvalue weighted by Crippen LogP contribution is 2.35. The highest BCUT2D eigenvalue weighted by atomic mass is 79.9. The van der Waals surface area contributed by atoms with Crippen LogP contribution in [0.25, 0.3) is 0 Å². The molecular weight excluding hydrogens is 287 g/mol. The fraction of sp³-hybridized carbons (Fsp3) is 0.333. The van der Waals surface area contributed by atoms with Crippen molar-refractivity contribution in [1.29, 1.82) is 0 Å². The van der Waals surface area contributed by atoms with E-state index in [0.29, 0.717) is 17.8 Å². The number of hydrogen-bond donors (Lipinski definition) is 0. The van der Waals surface area contributed by atoms with Crippen LogP contribution >= 0.6 is 15.9 Å². The summed E-state index contributed by atoms with van der Waals surface area (Å²) in [6.07, 6.45) is 0.624. The normalized spacial score (nSPS) is 24.1. The van der Waals surface area contributed by atoms with E-state index < -0.39 is 4.32 Å². The van der Waals surface area contributed by atoms with Crippen LogP contribution < -0.4 is 5.01 Å². The molecule has 1 unspecified atom stereocenters. The van der Waals surface area contributed by atoms with E-state index in [0.717, 1.165) is 0 Å². The van der Waals surface area contributed by atoms with Crippen LogP contribution in [0.2, 0.25) is 0 Å². The first kappa shape index (κ1) is 12.2. The number of carbonyl (C=O) groups excluding carboxylic acids is 1. The number of carbonyl (C=O) groups is 1. The van der Waals surface area contributed by atoms with E-state index in [4.69, 9.17) is 0 Å². The van der Waals surface area contributed by atoms with Gasteiger partial charge in [0.2, 0.25) is 0 Å². The van der Waals surface area contributed by atoms with Gasteiger partial charge in [-0.25, -0.2) is 4.39 Å². The maximum Gasteiger partial charge on any atom is 0.270 e. The monoisotopic (exact) mass is 298 g/mol. The number of rotatable bonds is 2. The summed E-state index contributed by atoms with van der Waals surface area (Å²) < 4.78 is 12.1. The summed E-state index contributed by atoms with van der Waals surface area (Å²) in [6.45, 7) is 3.72. The lowest BCUT2D eigenvalue weighted by Crippen LogP contribution is -2.39. The van der Waals surface area contributed by atoms with Crippen molar-refractivity contribution in [2.45, 2.75) is 24.6 Å². The molecule has 0 fully saturated rings. The molecule has 0 radical (unpaired) electrons. The van der Waals surface area contributed by atoms with Crippen molar-refractivity contribution >= 4 is 33.2 Å². The quantitative estimate of drug-likeness (QED) is 0.772. The van der Waals surface area contributed by atoms with Crippen molar-refractivity contribution in [3.63, 3.8) is 0 Å². The Hall–Kier alpha value is -1.23. The van der Waals surface area contributed by atoms with Crippen LogP contribution in [0.4, 0.5) is 10.1 Å². The van der Waals surface area contributed by atoms with Gasteiger partial charge in [0.1, 0.15) is 10.1 Å². The summed E-state index contributed by atoms with van der Waals surface area (Å²) in [4.78, 5) is 12.2. The fourth-order valence-corrected chi connectivity index (χ4v) is 2.01. The number of hydrazone groups is 1. The van der Waals surface area contributed by atoms with E-state index in [9.17, 15) is 9.18 Å². The molecule has 17 heavy (non-hydrogen) atoms. The van der Waals surface area contributed by atoms with E-state index >= 15 is 0 Å². The molecule has 0 saturated heterocycles. The standard InChI is InChI=1S/C12H12BrFN2O/c1-3-12(13)8(2)15-16(11(12)17)10-6-4-9(14)5-7-10/h4-7H,3H2,1-2H3. The molecule has 1 aromatic carbocycles. The lowest BCUT2D eigenvalue weighted by molar-refractivity contribution is -0.118. The summed E-state index contributed by atoms with van der Waals surface area (Å²) in [5.41, 5.74) is 1.29. The van der Waals surface area contributed by atoms with E-state index in [1.807, 2.05) is 6.92 Å². The summed E-state index contributed by atoms with van der Waals surface area (Å²) in [5, 5.41) is 5.54. The third-order valence-corrected chi connectivity index (χ3v) is 4.39. The molecule has 0 spiro atoms. The summed E-state index contributed by atoms with van der Waals surface area (Å²) in [6, 6.07) is 5.71. The highest BCUT2D eigenvalue weighted by molar-refractivity contribution is 9.10. The van der Waals surface area contributed by atoms with Crippen molar-refractivity contribution in [3.8, 4) is 0 Å².